The molecule has 4 aromatic rings. The van der Waals surface area contributed by atoms with E-state index in [4.69, 9.17) is 29.7 Å². The van der Waals surface area contributed by atoms with Crippen molar-refractivity contribution in [2.24, 2.45) is 45.5 Å². The summed E-state index contributed by atoms with van der Waals surface area (Å²) >= 11 is 0. The number of anilines is 2. The van der Waals surface area contributed by atoms with Gasteiger partial charge in [0.2, 0.25) is 23.7 Å². The van der Waals surface area contributed by atoms with Crippen LogP contribution in [0.2, 0.25) is 0 Å². The van der Waals surface area contributed by atoms with Crippen molar-refractivity contribution in [3.63, 3.8) is 0 Å². The van der Waals surface area contributed by atoms with E-state index >= 15 is 0 Å². The number of aliphatic carboxylic acids is 2. The van der Waals surface area contributed by atoms with Gasteiger partial charge in [-0.1, -0.05) is 42.4 Å². The summed E-state index contributed by atoms with van der Waals surface area (Å²) in [4.78, 5) is 187. The van der Waals surface area contributed by atoms with E-state index in [-0.39, 0.29) is 77.8 Å². The van der Waals surface area contributed by atoms with Gasteiger partial charge in [-0.05, 0) is 111 Å². The number of fused-ring (bicyclic) bond motifs is 7. The highest BCUT2D eigenvalue weighted by atomic mass is 33.1. The topological polar surface area (TPSA) is 511 Å². The van der Waals surface area contributed by atoms with E-state index < -0.39 is 149 Å². The average Bonchev–Trinajstić information content (AvgIpc) is 1.56. The molecule has 13 N–H and O–H groups in total. The minimum absolute atomic E-state index is 0.0115. The minimum atomic E-state index is -4.53. The van der Waals surface area contributed by atoms with Gasteiger partial charge in [0.05, 0.1) is 42.9 Å². The Hall–Kier alpha value is -10.5. The van der Waals surface area contributed by atoms with Gasteiger partial charge in [0.15, 0.2) is 22.7 Å². The van der Waals surface area contributed by atoms with Gasteiger partial charge in [0, 0.05) is 124 Å². The van der Waals surface area contributed by atoms with Crippen LogP contribution in [0.4, 0.5) is 16.4 Å². The van der Waals surface area contributed by atoms with Crippen molar-refractivity contribution in [1.82, 2.24) is 51.7 Å². The Labute approximate surface area is 602 Å². The number of nitrogens with one attached hydrogen (secondary N) is 8. The maximum Gasteiger partial charge on any atom is 0.426 e. The molecule has 0 radical (unpaired) electrons. The number of H-pyrrole nitrogens is 2. The first kappa shape index (κ1) is 77.7. The zero-order chi connectivity index (χ0) is 75.6. The number of carboxylic acid groups (broad SMARTS) is 2. The van der Waals surface area contributed by atoms with E-state index in [2.05, 4.69) is 70.9 Å². The van der Waals surface area contributed by atoms with Gasteiger partial charge in [0.25, 0.3) is 21.6 Å². The lowest BCUT2D eigenvalue weighted by molar-refractivity contribution is -0.146. The molecule has 6 heterocycles. The number of benzene rings is 1. The van der Waals surface area contributed by atoms with E-state index in [0.717, 1.165) is 45.0 Å². The number of esters is 1. The van der Waals surface area contributed by atoms with Crippen LogP contribution in [-0.2, 0) is 64.5 Å². The van der Waals surface area contributed by atoms with Gasteiger partial charge in [-0.15, -0.1) is 0 Å². The molecule has 5 amide bonds. The Morgan fingerprint density at radius 2 is 1.54 bits per heavy atom. The number of aromatic amines is 2. The van der Waals surface area contributed by atoms with Crippen molar-refractivity contribution in [2.75, 3.05) is 48.6 Å². The molecular formula is C68H78N14O19S3. The molecule has 3 aromatic heterocycles. The Morgan fingerprint density at radius 3 is 2.22 bits per heavy atom. The first-order valence-corrected chi connectivity index (χ1v) is 37.2. The molecule has 0 saturated heterocycles. The summed E-state index contributed by atoms with van der Waals surface area (Å²) in [6.07, 6.45) is 4.57. The second-order valence-electron chi connectivity index (χ2n) is 25.4. The molecule has 8 bridgehead atoms. The number of methoxy groups -OCH3 is 1. The van der Waals surface area contributed by atoms with Crippen LogP contribution in [0.5, 0.6) is 0 Å². The summed E-state index contributed by atoms with van der Waals surface area (Å²) in [5.74, 6) is -13.8. The van der Waals surface area contributed by atoms with Crippen LogP contribution in [0.3, 0.4) is 0 Å². The van der Waals surface area contributed by atoms with Gasteiger partial charge in [0.1, 0.15) is 30.4 Å². The SMILES string of the molecule is CC[C@H]1C2=NC(=Cc3[nH]c(c(C)c3C(C)=O)C=C3N=C(C4=C5CC(=C2)C(C)=C5C(=O)C4C(=O)OC)[C@@H](CCC(=O)NNC(=O)OCCSSC[C@H](NC(=O)[C@@H](CC(=O)CC[C@H](NC(=O)c2ccc(NCc4cnc5nc(N)[nH]c(=O)c5n4)cc2)C(=O)O)CC(=O)NCCS(=O)(=O)O)C(=O)O)[C@@H]3C)[C@@H]1C. The second-order valence-corrected chi connectivity index (χ2v) is 29.6. The van der Waals surface area contributed by atoms with Crippen LogP contribution in [0.25, 0.3) is 23.3 Å². The third-order valence-electron chi connectivity index (χ3n) is 18.5. The quantitative estimate of drug-likeness (QED) is 0.00617. The molecule has 8 atom stereocenters. The third-order valence-corrected chi connectivity index (χ3v) is 21.6. The molecule has 0 fully saturated rings. The lowest BCUT2D eigenvalue weighted by atomic mass is 9.80. The Kier molecular flexibility index (Phi) is 25.2. The molecule has 552 valence electrons. The van der Waals surface area contributed by atoms with Crippen LogP contribution in [0, 0.1) is 42.4 Å². The molecule has 36 heteroatoms. The van der Waals surface area contributed by atoms with Crippen molar-refractivity contribution < 1.29 is 85.4 Å². The molecule has 33 nitrogen and oxygen atoms in total. The van der Waals surface area contributed by atoms with Crippen LogP contribution in [0.15, 0.2) is 90.6 Å². The molecule has 104 heavy (non-hydrogen) atoms. The first-order valence-electron chi connectivity index (χ1n) is 33.1. The number of ketones is 3. The average molecular weight is 1490 g/mol. The fourth-order valence-corrected chi connectivity index (χ4v) is 15.4. The minimum Gasteiger partial charge on any atom is -0.480 e. The van der Waals surface area contributed by atoms with E-state index in [1.165, 1.54) is 44.5 Å². The van der Waals surface area contributed by atoms with Gasteiger partial charge in [-0.2, -0.15) is 13.4 Å². The number of allylic oxidation sites excluding steroid dienone is 7. The summed E-state index contributed by atoms with van der Waals surface area (Å²) in [5, 5.41) is 30.0. The second kappa shape index (κ2) is 33.8. The van der Waals surface area contributed by atoms with Gasteiger partial charge >= 0.3 is 24.0 Å². The molecule has 0 saturated carbocycles. The molecular weight excluding hydrogens is 1410 g/mol. The monoisotopic (exact) mass is 1490 g/mol. The fraction of sp³-hybridized carbons (Fsp3) is 0.426. The number of rotatable bonds is 31. The lowest BCUT2D eigenvalue weighted by Crippen LogP contribution is -2.46. The number of amides is 5. The molecule has 1 unspecified atom stereocenters. The highest BCUT2D eigenvalue weighted by Gasteiger charge is 2.51. The highest BCUT2D eigenvalue weighted by molar-refractivity contribution is 8.76. The first-order chi connectivity index (χ1) is 49.3. The molecule has 0 spiro atoms. The Bertz CT molecular complexity index is 4610. The summed E-state index contributed by atoms with van der Waals surface area (Å²) in [6.45, 7) is 10.5. The Morgan fingerprint density at radius 1 is 0.837 bits per heavy atom. The van der Waals surface area contributed by atoms with Crippen molar-refractivity contribution in [1.29, 1.82) is 0 Å². The number of nitrogens with zero attached hydrogens (tertiary/aromatic N) is 5. The molecule has 2 aliphatic carbocycles. The Balaban J connectivity index is 0.764. The van der Waals surface area contributed by atoms with Gasteiger partial charge in [-0.3, -0.25) is 68.1 Å². The maximum absolute atomic E-state index is 14.5. The van der Waals surface area contributed by atoms with Crippen LogP contribution in [0.1, 0.15) is 129 Å². The van der Waals surface area contributed by atoms with Crippen LogP contribution >= 0.6 is 21.6 Å². The van der Waals surface area contributed by atoms with E-state index in [9.17, 15) is 76.2 Å². The summed E-state index contributed by atoms with van der Waals surface area (Å²) < 4.78 is 42.2. The predicted molar refractivity (Wildman–Crippen MR) is 383 cm³/mol. The maximum atomic E-state index is 14.5. The lowest BCUT2D eigenvalue weighted by Gasteiger charge is -2.22. The number of hydrogen-bond donors (Lipinski definition) is 12. The standard InChI is InChI=1S/C68H78N14O19S3/c1-8-41-31(3)45-26-49-53(34(6)83)33(5)47(75-49)25-46-32(4)42(57(76-46)55-43-22-36(23-48(41)74-45)30(2)54(43)59(87)56(55)66(95)100-7)14-16-51(85)81-82-68(96)101-18-19-102-103-29-50(65(93)94)78-62(89)37(24-52(86)70-17-20-104(97,98)99)21-40(84)13-15-44(64(91)92)77-61(88)35-9-11-38(12-10-35)71-27-39-28-72-60-58(73-39)63(90)80-67(69)79-60/h9-12,23,25-26,28,31-32,37,41-42,44,50,56,71,75H,8,13-22,24,27,29H2,1-7H3,(H,70,86)(H,77,88)(H,78,89)(H,81,85)(H,82,96)(H,91,92)(H,93,94)(H,97,98,99)(H3,69,72,79,80,90)/t31-,32+,37+,41-,42+,44+,50+,56?/m1/s1. The smallest absolute Gasteiger partial charge is 0.426 e. The number of aliphatic imine (C=N–C) groups is 2. The summed E-state index contributed by atoms with van der Waals surface area (Å²) in [5.41, 5.74) is 18.5. The van der Waals surface area contributed by atoms with E-state index in [1.54, 1.807) is 0 Å². The van der Waals surface area contributed by atoms with Gasteiger partial charge in [-0.25, -0.2) is 29.8 Å². The fourth-order valence-electron chi connectivity index (χ4n) is 13.0. The predicted octanol–water partition coefficient (Wildman–Crippen LogP) is 4.70. The zero-order valence-electron chi connectivity index (χ0n) is 57.5. The van der Waals surface area contributed by atoms with Crippen LogP contribution < -0.4 is 43.4 Å². The largest absolute Gasteiger partial charge is 0.480 e. The number of carbonyl (C=O) groups excluding carboxylic acids is 9. The normalized spacial score (nSPS) is 19.0. The molecule has 1 aromatic carbocycles. The number of nitrogen functional groups attached to an aromatic ring is 1. The number of carboxylic acids is 2. The van der Waals surface area contributed by atoms with Crippen molar-refractivity contribution in [3.8, 4) is 0 Å². The molecule has 5 aliphatic rings. The summed E-state index contributed by atoms with van der Waals surface area (Å²) in [6, 6.07) is 2.53. The van der Waals surface area contributed by atoms with Crippen molar-refractivity contribution in [2.45, 2.75) is 112 Å². The number of hydrogen-bond acceptors (Lipinski definition) is 25. The number of Topliss-reactive ketones (excluding diaryl/α,β-unsaturated/α-hetero) is 3. The number of carbonyl (C=O) groups is 11. The van der Waals surface area contributed by atoms with E-state index in [1.807, 2.05) is 39.0 Å². The molecule has 3 aliphatic heterocycles. The van der Waals surface area contributed by atoms with Crippen molar-refractivity contribution >= 4 is 143 Å². The third kappa shape index (κ3) is 18.7. The van der Waals surface area contributed by atoms with Gasteiger partial charge < -0.3 is 51.7 Å². The highest BCUT2D eigenvalue weighted by Crippen LogP contribution is 2.51. The zero-order valence-corrected chi connectivity index (χ0v) is 60.0. The van der Waals surface area contributed by atoms with Crippen molar-refractivity contribution in [3.05, 3.63) is 120 Å². The van der Waals surface area contributed by atoms with E-state index in [0.29, 0.717) is 74.0 Å². The van der Waals surface area contributed by atoms with Crippen LogP contribution in [-0.4, -0.2) is 174 Å². The number of hydrazine groups is 1. The molecule has 9 rings (SSSR count). The number of aromatic nitrogens is 5. The number of nitrogens with two attached hydrogens (primary N) is 1. The number of ether oxygens (including phenoxy) is 2. The summed E-state index contributed by atoms with van der Waals surface area (Å²) in [7, 11) is -1.36.